The van der Waals surface area contributed by atoms with Gasteiger partial charge in [0.15, 0.2) is 0 Å². The van der Waals surface area contributed by atoms with Crippen LogP contribution in [-0.2, 0) is 0 Å². The van der Waals surface area contributed by atoms with E-state index in [9.17, 15) is 0 Å². The normalized spacial score (nSPS) is 11.9. The zero-order valence-corrected chi connectivity index (χ0v) is 22.5. The Labute approximate surface area is 230 Å². The van der Waals surface area contributed by atoms with Crippen molar-refractivity contribution in [3.63, 3.8) is 0 Å². The van der Waals surface area contributed by atoms with Crippen LogP contribution in [0, 0.1) is 0 Å². The van der Waals surface area contributed by atoms with Crippen LogP contribution in [0.1, 0.15) is 0 Å². The molecule has 0 saturated carbocycles. The standard InChI is InChI=1S/C36H22BBr/c37-35-23-10-3-1-8-21(23)18-32-25-12-5-6-13-26(25)33(20-34(32)35)28-15-7-14-27-29(28)16-17-30-31(27)19-22-9-2-4-11-24(22)36(30)38/h1-20H,37H2. The maximum atomic E-state index is 3.92. The third kappa shape index (κ3) is 3.04. The fourth-order valence-corrected chi connectivity index (χ4v) is 7.14. The molecular formula is C36H22BBr. The molecule has 0 nitrogen and oxygen atoms in total. The summed E-state index contributed by atoms with van der Waals surface area (Å²) in [5.41, 5.74) is 3.90. The Morgan fingerprint density at radius 2 is 0.895 bits per heavy atom. The number of fused-ring (bicyclic) bond motifs is 8. The second kappa shape index (κ2) is 8.18. The zero-order chi connectivity index (χ0) is 25.4. The summed E-state index contributed by atoms with van der Waals surface area (Å²) in [5, 5.41) is 15.5. The molecule has 0 bridgehead atoms. The molecule has 0 radical (unpaired) electrons. The van der Waals surface area contributed by atoms with E-state index >= 15 is 0 Å². The third-order valence-corrected chi connectivity index (χ3v) is 9.14. The minimum Gasteiger partial charge on any atom is -0.0735 e. The molecule has 0 spiro atoms. The monoisotopic (exact) mass is 544 g/mol. The summed E-state index contributed by atoms with van der Waals surface area (Å²) in [6, 6.07) is 44.7. The van der Waals surface area contributed by atoms with Gasteiger partial charge in [0.2, 0.25) is 0 Å². The average molecular weight is 545 g/mol. The Kier molecular flexibility index (Phi) is 4.72. The predicted molar refractivity (Wildman–Crippen MR) is 173 cm³/mol. The van der Waals surface area contributed by atoms with Crippen LogP contribution < -0.4 is 5.46 Å². The molecule has 0 saturated heterocycles. The van der Waals surface area contributed by atoms with E-state index in [2.05, 4.69) is 145 Å². The average Bonchev–Trinajstić information content (AvgIpc) is 2.97. The number of benzene rings is 8. The van der Waals surface area contributed by atoms with Gasteiger partial charge < -0.3 is 0 Å². The summed E-state index contributed by atoms with van der Waals surface area (Å²) in [5.74, 6) is 0. The highest BCUT2D eigenvalue weighted by molar-refractivity contribution is 9.10. The van der Waals surface area contributed by atoms with E-state index in [0.717, 1.165) is 4.47 Å². The first-order valence-electron chi connectivity index (χ1n) is 13.1. The van der Waals surface area contributed by atoms with Crippen molar-refractivity contribution in [3.8, 4) is 11.1 Å². The van der Waals surface area contributed by atoms with Crippen molar-refractivity contribution >= 4 is 93.9 Å². The smallest absolute Gasteiger partial charge is 0.0735 e. The minimum absolute atomic E-state index is 1.16. The van der Waals surface area contributed by atoms with E-state index in [0.29, 0.717) is 0 Å². The molecule has 0 N–H and O–H groups in total. The van der Waals surface area contributed by atoms with Crippen molar-refractivity contribution < 1.29 is 0 Å². The lowest BCUT2D eigenvalue weighted by atomic mass is 9.81. The zero-order valence-electron chi connectivity index (χ0n) is 20.9. The van der Waals surface area contributed by atoms with Gasteiger partial charge in [0.1, 0.15) is 7.85 Å². The predicted octanol–water partition coefficient (Wildman–Crippen LogP) is 9.29. The Bertz CT molecular complexity index is 2260. The van der Waals surface area contributed by atoms with E-state index in [1.807, 2.05) is 0 Å². The Hall–Kier alpha value is -4.14. The molecule has 0 heterocycles. The Morgan fingerprint density at radius 3 is 1.66 bits per heavy atom. The van der Waals surface area contributed by atoms with Gasteiger partial charge in [-0.05, 0) is 110 Å². The number of hydrogen-bond acceptors (Lipinski definition) is 0. The van der Waals surface area contributed by atoms with Gasteiger partial charge in [-0.15, -0.1) is 0 Å². The molecule has 176 valence electrons. The summed E-state index contributed by atoms with van der Waals surface area (Å²) in [7, 11) is 2.27. The molecule has 38 heavy (non-hydrogen) atoms. The van der Waals surface area contributed by atoms with Crippen LogP contribution in [0.5, 0.6) is 0 Å². The molecule has 0 atom stereocenters. The summed E-state index contributed by atoms with van der Waals surface area (Å²) in [4.78, 5) is 0. The fraction of sp³-hybridized carbons (Fsp3) is 0. The second-order valence-corrected chi connectivity index (χ2v) is 11.1. The molecule has 0 aliphatic heterocycles. The largest absolute Gasteiger partial charge is 0.140 e. The minimum atomic E-state index is 1.16. The van der Waals surface area contributed by atoms with Crippen LogP contribution in [0.3, 0.4) is 0 Å². The van der Waals surface area contributed by atoms with E-state index in [4.69, 9.17) is 0 Å². The molecule has 0 fully saturated rings. The molecular weight excluding hydrogens is 523 g/mol. The molecule has 0 aliphatic rings. The molecule has 8 aromatic rings. The van der Waals surface area contributed by atoms with E-state index in [-0.39, 0.29) is 0 Å². The lowest BCUT2D eigenvalue weighted by Gasteiger charge is -2.17. The van der Waals surface area contributed by atoms with Gasteiger partial charge in [-0.2, -0.15) is 0 Å². The maximum absolute atomic E-state index is 3.92. The first kappa shape index (κ1) is 21.9. The van der Waals surface area contributed by atoms with Crippen LogP contribution in [0.4, 0.5) is 0 Å². The highest BCUT2D eigenvalue weighted by Gasteiger charge is 2.15. The van der Waals surface area contributed by atoms with Gasteiger partial charge in [-0.1, -0.05) is 109 Å². The van der Waals surface area contributed by atoms with Crippen molar-refractivity contribution in [3.05, 3.63) is 126 Å². The maximum Gasteiger partial charge on any atom is 0.140 e. The van der Waals surface area contributed by atoms with Crippen LogP contribution in [0.15, 0.2) is 126 Å². The third-order valence-electron chi connectivity index (χ3n) is 8.28. The van der Waals surface area contributed by atoms with E-state index in [1.54, 1.807) is 0 Å². The quantitative estimate of drug-likeness (QED) is 0.110. The first-order valence-corrected chi connectivity index (χ1v) is 13.9. The van der Waals surface area contributed by atoms with Crippen molar-refractivity contribution in [1.29, 1.82) is 0 Å². The van der Waals surface area contributed by atoms with Crippen molar-refractivity contribution in [2.24, 2.45) is 0 Å². The van der Waals surface area contributed by atoms with Gasteiger partial charge in [0, 0.05) is 4.47 Å². The molecule has 8 aromatic carbocycles. The molecule has 0 aliphatic carbocycles. The number of hydrogen-bond donors (Lipinski definition) is 0. The first-order chi connectivity index (χ1) is 18.7. The summed E-state index contributed by atoms with van der Waals surface area (Å²) in [6.45, 7) is 0. The van der Waals surface area contributed by atoms with Crippen LogP contribution in [0.25, 0.3) is 75.8 Å². The van der Waals surface area contributed by atoms with Gasteiger partial charge >= 0.3 is 0 Å². The van der Waals surface area contributed by atoms with Crippen molar-refractivity contribution in [1.82, 2.24) is 0 Å². The number of rotatable bonds is 1. The Balaban J connectivity index is 1.51. The molecule has 0 unspecified atom stereocenters. The highest BCUT2D eigenvalue weighted by atomic mass is 79.9. The second-order valence-electron chi connectivity index (χ2n) is 10.3. The summed E-state index contributed by atoms with van der Waals surface area (Å²) in [6.07, 6.45) is 0. The van der Waals surface area contributed by atoms with Gasteiger partial charge in [-0.25, -0.2) is 0 Å². The number of halogens is 1. The molecule has 0 amide bonds. The van der Waals surface area contributed by atoms with E-state index < -0.39 is 0 Å². The summed E-state index contributed by atoms with van der Waals surface area (Å²) >= 11 is 3.92. The topological polar surface area (TPSA) is 0 Å². The van der Waals surface area contributed by atoms with Crippen LogP contribution in [0.2, 0.25) is 0 Å². The van der Waals surface area contributed by atoms with Gasteiger partial charge in [0.05, 0.1) is 0 Å². The van der Waals surface area contributed by atoms with Gasteiger partial charge in [0.25, 0.3) is 0 Å². The molecule has 8 rings (SSSR count). The molecule has 0 aromatic heterocycles. The highest BCUT2D eigenvalue weighted by Crippen LogP contribution is 2.42. The lowest BCUT2D eigenvalue weighted by Crippen LogP contribution is -2.06. The fourth-order valence-electron chi connectivity index (χ4n) is 6.44. The Morgan fingerprint density at radius 1 is 0.368 bits per heavy atom. The lowest BCUT2D eigenvalue weighted by molar-refractivity contribution is 1.72. The van der Waals surface area contributed by atoms with E-state index in [1.165, 1.54) is 81.2 Å². The van der Waals surface area contributed by atoms with Gasteiger partial charge in [-0.3, -0.25) is 0 Å². The summed E-state index contributed by atoms with van der Waals surface area (Å²) < 4.78 is 1.16. The van der Waals surface area contributed by atoms with Crippen LogP contribution in [-0.4, -0.2) is 7.85 Å². The van der Waals surface area contributed by atoms with Crippen LogP contribution >= 0.6 is 15.9 Å². The molecule has 2 heteroatoms. The van der Waals surface area contributed by atoms with Crippen molar-refractivity contribution in [2.75, 3.05) is 0 Å². The SMILES string of the molecule is Bc1c2ccccc2cc2c1cc(-c1cccc3c1ccc1c(Br)c4ccccc4cc13)c1ccccc12. The van der Waals surface area contributed by atoms with Crippen molar-refractivity contribution in [2.45, 2.75) is 0 Å².